The first-order chi connectivity index (χ1) is 24.9. The average molecular weight is 943 g/mol. The third-order valence-corrected chi connectivity index (χ3v) is 19.2. The van der Waals surface area contributed by atoms with Gasteiger partial charge in [-0.05, 0) is 12.8 Å². The average Bonchev–Trinajstić information content (AvgIpc) is 3.00. The highest BCUT2D eigenvalue weighted by molar-refractivity contribution is 7.73. The molecule has 0 aromatic rings. The van der Waals surface area contributed by atoms with Gasteiger partial charge in [0.2, 0.25) is 17.7 Å². The van der Waals surface area contributed by atoms with Crippen molar-refractivity contribution in [3.05, 3.63) is 0 Å². The van der Waals surface area contributed by atoms with E-state index in [9.17, 15) is 96.2 Å². The molecular weight excluding hydrogens is 896 g/mol. The van der Waals surface area contributed by atoms with Crippen molar-refractivity contribution >= 4 is 63.3 Å². The van der Waals surface area contributed by atoms with E-state index < -0.39 is 162 Å². The lowest BCUT2D eigenvalue weighted by Gasteiger charge is -2.29. The molecule has 0 unspecified atom stereocenters. The molecule has 21 N–H and O–H groups in total. The van der Waals surface area contributed by atoms with Crippen molar-refractivity contribution in [2.75, 3.05) is 33.0 Å². The summed E-state index contributed by atoms with van der Waals surface area (Å²) in [4.78, 5) is 148. The minimum atomic E-state index is -5.83. The van der Waals surface area contributed by atoms with Crippen LogP contribution >= 0.6 is 45.6 Å². The molecule has 0 saturated carbocycles. The summed E-state index contributed by atoms with van der Waals surface area (Å²) in [5.74, 6) is -2.90. The standard InChI is InChI=1S/C20H47N5O25P6/c21-14(17(28)24-10-7-20(31,55(44,45)46)56(47,48)49)2-4-16(27)25-13(11-50-12-22-8-5-18(29,51(32,33)34)52(35,36)37)1-3-15(26)23-9-6-19(30,53(38,39)40)54(41,42)43/h13-14,22,29-31H,1-12,21H2,(H,23,26)(H,24,28)(H,25,27)(H2,32,33,34)(H2,35,36,37)(H2,38,39,40)(H2,41,42,43)(H2,44,45,46)(H2,47,48,49)/t13-,14-/m0/s1. The lowest BCUT2D eigenvalue weighted by molar-refractivity contribution is -0.125. The molecule has 0 saturated heterocycles. The number of rotatable bonds is 27. The Bertz CT molecular complexity index is 1580. The SMILES string of the molecule is N[C@@H](CCC(=O)N[C@@H](CCC(=O)NCCC(O)(P(=O)(O)O)P(=O)(O)O)COCNCCC(O)(P(=O)(O)O)P(=O)(O)O)C(=O)NCCC(O)(P(=O)(O)O)P(=O)(O)O. The fourth-order valence-corrected chi connectivity index (χ4v) is 10.6. The van der Waals surface area contributed by atoms with Gasteiger partial charge in [-0.2, -0.15) is 0 Å². The molecule has 0 fully saturated rings. The first-order valence-corrected chi connectivity index (χ1v) is 24.9. The molecular formula is C20H47N5O25P6. The molecule has 30 nitrogen and oxygen atoms in total. The predicted molar refractivity (Wildman–Crippen MR) is 184 cm³/mol. The summed E-state index contributed by atoms with van der Waals surface area (Å²) in [6, 6.07) is -2.66. The van der Waals surface area contributed by atoms with Crippen LogP contribution in [0.4, 0.5) is 0 Å². The fraction of sp³-hybridized carbons (Fsp3) is 0.850. The van der Waals surface area contributed by atoms with E-state index in [-0.39, 0.29) is 6.42 Å². The van der Waals surface area contributed by atoms with Crippen LogP contribution in [0.15, 0.2) is 0 Å². The van der Waals surface area contributed by atoms with Crippen LogP contribution in [0.25, 0.3) is 0 Å². The summed E-state index contributed by atoms with van der Waals surface area (Å²) in [6.45, 7) is -3.48. The Labute approximate surface area is 316 Å². The number of hydrogen-bond acceptors (Lipinski definition) is 15. The molecule has 0 bridgehead atoms. The van der Waals surface area contributed by atoms with Crippen LogP contribution in [0.1, 0.15) is 44.9 Å². The third kappa shape index (κ3) is 15.9. The molecule has 3 amide bonds. The van der Waals surface area contributed by atoms with E-state index in [2.05, 4.69) is 10.6 Å². The number of carbonyl (C=O) groups excluding carboxylic acids is 3. The van der Waals surface area contributed by atoms with Gasteiger partial charge in [-0.25, -0.2) is 0 Å². The lowest BCUT2D eigenvalue weighted by Crippen LogP contribution is -2.44. The van der Waals surface area contributed by atoms with Crippen LogP contribution in [0.2, 0.25) is 0 Å². The van der Waals surface area contributed by atoms with E-state index >= 15 is 0 Å². The zero-order chi connectivity index (χ0) is 44.4. The van der Waals surface area contributed by atoms with Crippen LogP contribution < -0.4 is 27.0 Å². The maximum atomic E-state index is 12.7. The van der Waals surface area contributed by atoms with Crippen LogP contribution in [0.3, 0.4) is 0 Å². The summed E-state index contributed by atoms with van der Waals surface area (Å²) < 4.78 is 74.0. The van der Waals surface area contributed by atoms with Gasteiger partial charge in [-0.15, -0.1) is 0 Å². The smallest absolute Gasteiger partial charge is 0.367 e. The Morgan fingerprint density at radius 1 is 0.554 bits per heavy atom. The summed E-state index contributed by atoms with van der Waals surface area (Å²) >= 11 is 0. The van der Waals surface area contributed by atoms with E-state index in [0.717, 1.165) is 0 Å². The summed E-state index contributed by atoms with van der Waals surface area (Å²) in [5, 5.41) is 27.0. The third-order valence-electron chi connectivity index (χ3n) is 7.61. The van der Waals surface area contributed by atoms with Gasteiger partial charge in [0, 0.05) is 51.7 Å². The van der Waals surface area contributed by atoms with Crippen molar-refractivity contribution in [2.24, 2.45) is 5.73 Å². The van der Waals surface area contributed by atoms with E-state index in [1.165, 1.54) is 0 Å². The van der Waals surface area contributed by atoms with E-state index in [1.54, 1.807) is 0 Å². The molecule has 0 aliphatic heterocycles. The second-order valence-corrected chi connectivity index (χ2v) is 24.0. The lowest BCUT2D eigenvalue weighted by atomic mass is 10.1. The number of aliphatic hydroxyl groups is 3. The largest absolute Gasteiger partial charge is 0.369 e. The topological polar surface area (TPSA) is 540 Å². The second kappa shape index (κ2) is 21.0. The number of nitrogens with two attached hydrogens (primary N) is 1. The number of nitrogens with one attached hydrogen (secondary N) is 4. The van der Waals surface area contributed by atoms with Crippen molar-refractivity contribution in [2.45, 2.75) is 72.3 Å². The van der Waals surface area contributed by atoms with E-state index in [4.69, 9.17) is 30.0 Å². The molecule has 0 heterocycles. The van der Waals surface area contributed by atoms with Gasteiger partial charge in [0.1, 0.15) is 0 Å². The Balaban J connectivity index is 5.49. The predicted octanol–water partition coefficient (Wildman–Crippen LogP) is -5.67. The van der Waals surface area contributed by atoms with Crippen LogP contribution in [-0.2, 0) is 46.5 Å². The number of hydrogen-bond donors (Lipinski definition) is 20. The van der Waals surface area contributed by atoms with Gasteiger partial charge in [0.15, 0.2) is 0 Å². The van der Waals surface area contributed by atoms with Crippen molar-refractivity contribution in [3.63, 3.8) is 0 Å². The maximum Gasteiger partial charge on any atom is 0.369 e. The summed E-state index contributed by atoms with van der Waals surface area (Å²) in [6.07, 6.45) is -5.65. The number of carbonyl (C=O) groups is 3. The normalized spacial score (nSPS) is 15.2. The Kier molecular flexibility index (Phi) is 20.7. The molecule has 0 aliphatic carbocycles. The number of ether oxygens (including phenoxy) is 1. The van der Waals surface area contributed by atoms with Crippen molar-refractivity contribution in [3.8, 4) is 0 Å². The molecule has 332 valence electrons. The molecule has 0 aliphatic rings. The van der Waals surface area contributed by atoms with Crippen LogP contribution in [-0.4, -0.2) is 152 Å². The molecule has 0 aromatic carbocycles. The fourth-order valence-electron chi connectivity index (χ4n) is 4.15. The summed E-state index contributed by atoms with van der Waals surface area (Å²) in [7, 11) is -34.8. The van der Waals surface area contributed by atoms with Gasteiger partial charge in [0.25, 0.3) is 15.2 Å². The van der Waals surface area contributed by atoms with Crippen LogP contribution in [0.5, 0.6) is 0 Å². The zero-order valence-electron chi connectivity index (χ0n) is 28.7. The van der Waals surface area contributed by atoms with Crippen molar-refractivity contribution in [1.82, 2.24) is 21.3 Å². The zero-order valence-corrected chi connectivity index (χ0v) is 34.1. The van der Waals surface area contributed by atoms with E-state index in [1.807, 2.05) is 10.6 Å². The van der Waals surface area contributed by atoms with Gasteiger partial charge in [-0.3, -0.25) is 47.1 Å². The van der Waals surface area contributed by atoms with Gasteiger partial charge < -0.3 is 100 Å². The Morgan fingerprint density at radius 3 is 1.30 bits per heavy atom. The summed E-state index contributed by atoms with van der Waals surface area (Å²) in [5.41, 5.74) is 5.68. The monoisotopic (exact) mass is 943 g/mol. The molecule has 0 spiro atoms. The van der Waals surface area contributed by atoms with Crippen molar-refractivity contribution < 1.29 is 121 Å². The molecule has 0 radical (unpaired) electrons. The molecule has 56 heavy (non-hydrogen) atoms. The molecule has 0 rings (SSSR count). The molecule has 0 aromatic heterocycles. The highest BCUT2D eigenvalue weighted by Gasteiger charge is 2.60. The first-order valence-electron chi connectivity index (χ1n) is 15.3. The van der Waals surface area contributed by atoms with E-state index in [0.29, 0.717) is 0 Å². The van der Waals surface area contributed by atoms with Gasteiger partial charge in [-0.1, -0.05) is 0 Å². The molecule has 2 atom stereocenters. The van der Waals surface area contributed by atoms with Gasteiger partial charge >= 0.3 is 45.6 Å². The second-order valence-electron chi connectivity index (χ2n) is 11.9. The molecule has 36 heteroatoms. The quantitative estimate of drug-likeness (QED) is 0.0207. The number of amides is 3. The van der Waals surface area contributed by atoms with Gasteiger partial charge in [0.05, 0.1) is 25.4 Å². The first kappa shape index (κ1) is 55.1. The minimum absolute atomic E-state index is 0.330. The Hall–Kier alpha value is -0.930. The highest BCUT2D eigenvalue weighted by atomic mass is 31.3. The Morgan fingerprint density at radius 2 is 0.911 bits per heavy atom. The van der Waals surface area contributed by atoms with Crippen LogP contribution in [0, 0.1) is 0 Å². The van der Waals surface area contributed by atoms with Crippen molar-refractivity contribution in [1.29, 1.82) is 0 Å². The highest BCUT2D eigenvalue weighted by Crippen LogP contribution is 2.70. The maximum absolute atomic E-state index is 12.7. The minimum Gasteiger partial charge on any atom is -0.367 e.